The normalized spacial score (nSPS) is 12.1. The molecule has 0 aliphatic rings. The SMILES string of the molecule is CCOCCCCNC(=O)C(Cc1c[nH]c2ccccc12)NC(C)=O. The van der Waals surface area contributed by atoms with Crippen molar-refractivity contribution in [2.75, 3.05) is 19.8 Å². The summed E-state index contributed by atoms with van der Waals surface area (Å²) in [5.74, 6) is -0.367. The van der Waals surface area contributed by atoms with Crippen molar-refractivity contribution in [2.45, 2.75) is 39.2 Å². The highest BCUT2D eigenvalue weighted by Crippen LogP contribution is 2.19. The van der Waals surface area contributed by atoms with E-state index in [9.17, 15) is 9.59 Å². The van der Waals surface area contributed by atoms with Crippen molar-refractivity contribution in [2.24, 2.45) is 0 Å². The summed E-state index contributed by atoms with van der Waals surface area (Å²) in [6.07, 6.45) is 4.11. The number of carbonyl (C=O) groups excluding carboxylic acids is 2. The van der Waals surface area contributed by atoms with Gasteiger partial charge in [-0.05, 0) is 31.4 Å². The van der Waals surface area contributed by atoms with E-state index in [0.29, 0.717) is 26.2 Å². The first kappa shape index (κ1) is 19.0. The van der Waals surface area contributed by atoms with E-state index in [2.05, 4.69) is 15.6 Å². The van der Waals surface area contributed by atoms with Gasteiger partial charge in [-0.3, -0.25) is 9.59 Å². The smallest absolute Gasteiger partial charge is 0.242 e. The van der Waals surface area contributed by atoms with Crippen molar-refractivity contribution in [3.63, 3.8) is 0 Å². The van der Waals surface area contributed by atoms with Crippen LogP contribution in [0.4, 0.5) is 0 Å². The minimum absolute atomic E-state index is 0.156. The number of aromatic amines is 1. The molecule has 0 saturated carbocycles. The first-order valence-corrected chi connectivity index (χ1v) is 8.79. The number of rotatable bonds is 10. The number of benzene rings is 1. The van der Waals surface area contributed by atoms with Crippen LogP contribution in [0.5, 0.6) is 0 Å². The number of hydrogen-bond acceptors (Lipinski definition) is 3. The maximum absolute atomic E-state index is 12.5. The van der Waals surface area contributed by atoms with Crippen molar-refractivity contribution in [3.8, 4) is 0 Å². The number of amides is 2. The van der Waals surface area contributed by atoms with Crippen LogP contribution in [0.3, 0.4) is 0 Å². The van der Waals surface area contributed by atoms with E-state index < -0.39 is 6.04 Å². The number of unbranched alkanes of at least 4 members (excludes halogenated alkanes) is 1. The lowest BCUT2D eigenvalue weighted by atomic mass is 10.0. The molecule has 1 aromatic heterocycles. The topological polar surface area (TPSA) is 83.2 Å². The second-order valence-electron chi connectivity index (χ2n) is 6.01. The third-order valence-electron chi connectivity index (χ3n) is 4.01. The summed E-state index contributed by atoms with van der Waals surface area (Å²) in [4.78, 5) is 27.1. The van der Waals surface area contributed by atoms with Crippen LogP contribution in [0.15, 0.2) is 30.5 Å². The molecule has 1 atom stereocenters. The lowest BCUT2D eigenvalue weighted by Gasteiger charge is -2.17. The number of para-hydroxylation sites is 1. The molecule has 2 rings (SSSR count). The molecule has 2 amide bonds. The molecule has 1 heterocycles. The molecule has 0 aliphatic carbocycles. The Balaban J connectivity index is 1.93. The zero-order valence-corrected chi connectivity index (χ0v) is 14.9. The number of fused-ring (bicyclic) bond motifs is 1. The van der Waals surface area contributed by atoms with Gasteiger partial charge in [-0.25, -0.2) is 0 Å². The first-order valence-electron chi connectivity index (χ1n) is 8.79. The number of hydrogen-bond donors (Lipinski definition) is 3. The van der Waals surface area contributed by atoms with Crippen molar-refractivity contribution >= 4 is 22.7 Å². The summed E-state index contributed by atoms with van der Waals surface area (Å²) < 4.78 is 5.28. The summed E-state index contributed by atoms with van der Waals surface area (Å²) in [6, 6.07) is 7.35. The molecule has 1 unspecified atom stereocenters. The third-order valence-corrected chi connectivity index (χ3v) is 4.01. The van der Waals surface area contributed by atoms with Gasteiger partial charge in [0.1, 0.15) is 6.04 Å². The lowest BCUT2D eigenvalue weighted by molar-refractivity contribution is -0.128. The van der Waals surface area contributed by atoms with E-state index in [4.69, 9.17) is 4.74 Å². The fourth-order valence-electron chi connectivity index (χ4n) is 2.78. The Bertz CT molecular complexity index is 696. The highest BCUT2D eigenvalue weighted by molar-refractivity contribution is 5.89. The van der Waals surface area contributed by atoms with Gasteiger partial charge in [0, 0.05) is 50.2 Å². The first-order chi connectivity index (χ1) is 12.1. The van der Waals surface area contributed by atoms with Crippen molar-refractivity contribution in [3.05, 3.63) is 36.0 Å². The van der Waals surface area contributed by atoms with Gasteiger partial charge >= 0.3 is 0 Å². The Kier molecular flexibility index (Phi) is 7.47. The van der Waals surface area contributed by atoms with Crippen LogP contribution < -0.4 is 10.6 Å². The van der Waals surface area contributed by atoms with Crippen LogP contribution >= 0.6 is 0 Å². The molecule has 25 heavy (non-hydrogen) atoms. The van der Waals surface area contributed by atoms with Crippen LogP contribution in [0.1, 0.15) is 32.3 Å². The summed E-state index contributed by atoms with van der Waals surface area (Å²) in [6.45, 7) is 5.39. The molecule has 1 aromatic carbocycles. The second-order valence-corrected chi connectivity index (χ2v) is 6.01. The number of H-pyrrole nitrogens is 1. The minimum Gasteiger partial charge on any atom is -0.382 e. The maximum Gasteiger partial charge on any atom is 0.242 e. The molecule has 0 spiro atoms. The van der Waals surface area contributed by atoms with Gasteiger partial charge in [0.25, 0.3) is 0 Å². The van der Waals surface area contributed by atoms with Crippen LogP contribution in [-0.4, -0.2) is 42.6 Å². The number of nitrogens with one attached hydrogen (secondary N) is 3. The fourth-order valence-corrected chi connectivity index (χ4v) is 2.78. The summed E-state index contributed by atoms with van der Waals surface area (Å²) in [5, 5.41) is 6.73. The minimum atomic E-state index is -0.580. The number of carbonyl (C=O) groups is 2. The van der Waals surface area contributed by atoms with Crippen LogP contribution in [0.25, 0.3) is 10.9 Å². The largest absolute Gasteiger partial charge is 0.382 e. The van der Waals surface area contributed by atoms with Gasteiger partial charge in [-0.2, -0.15) is 0 Å². The summed E-state index contributed by atoms with van der Waals surface area (Å²) in [5.41, 5.74) is 2.04. The second kappa shape index (κ2) is 9.84. The van der Waals surface area contributed by atoms with Gasteiger partial charge in [0.2, 0.25) is 11.8 Å². The third kappa shape index (κ3) is 5.90. The highest BCUT2D eigenvalue weighted by atomic mass is 16.5. The lowest BCUT2D eigenvalue weighted by Crippen LogP contribution is -2.47. The maximum atomic E-state index is 12.5. The van der Waals surface area contributed by atoms with Crippen LogP contribution in [0, 0.1) is 0 Å². The van der Waals surface area contributed by atoms with Gasteiger partial charge in [0.05, 0.1) is 0 Å². The van der Waals surface area contributed by atoms with Gasteiger partial charge in [0.15, 0.2) is 0 Å². The molecule has 0 aliphatic heterocycles. The molecule has 0 fully saturated rings. The van der Waals surface area contributed by atoms with Crippen LogP contribution in [0.2, 0.25) is 0 Å². The van der Waals surface area contributed by atoms with E-state index in [1.807, 2.05) is 37.4 Å². The highest BCUT2D eigenvalue weighted by Gasteiger charge is 2.21. The Morgan fingerprint density at radius 1 is 1.24 bits per heavy atom. The zero-order chi connectivity index (χ0) is 18.1. The van der Waals surface area contributed by atoms with Gasteiger partial charge in [-0.15, -0.1) is 0 Å². The van der Waals surface area contributed by atoms with Crippen molar-refractivity contribution in [1.29, 1.82) is 0 Å². The van der Waals surface area contributed by atoms with E-state index in [-0.39, 0.29) is 11.8 Å². The summed E-state index contributed by atoms with van der Waals surface area (Å²) in [7, 11) is 0. The van der Waals surface area contributed by atoms with Crippen molar-refractivity contribution in [1.82, 2.24) is 15.6 Å². The fraction of sp³-hybridized carbons (Fsp3) is 0.474. The quantitative estimate of drug-likeness (QED) is 0.577. The van der Waals surface area contributed by atoms with Gasteiger partial charge in [-0.1, -0.05) is 18.2 Å². The van der Waals surface area contributed by atoms with E-state index in [1.165, 1.54) is 6.92 Å². The standard InChI is InChI=1S/C19H27N3O3/c1-3-25-11-7-6-10-20-19(24)18(22-14(2)23)12-15-13-21-17-9-5-4-8-16(15)17/h4-5,8-9,13,18,21H,3,6-7,10-12H2,1-2H3,(H,20,24)(H,22,23). The molecule has 6 nitrogen and oxygen atoms in total. The Labute approximate surface area is 148 Å². The molecule has 3 N–H and O–H groups in total. The van der Waals surface area contributed by atoms with E-state index in [1.54, 1.807) is 0 Å². The Morgan fingerprint density at radius 2 is 2.04 bits per heavy atom. The average Bonchev–Trinajstić information content (AvgIpc) is 3.00. The molecule has 0 radical (unpaired) electrons. The van der Waals surface area contributed by atoms with E-state index >= 15 is 0 Å². The van der Waals surface area contributed by atoms with Gasteiger partial charge < -0.3 is 20.4 Å². The molecule has 2 aromatic rings. The molecule has 0 bridgehead atoms. The summed E-state index contributed by atoms with van der Waals surface area (Å²) >= 11 is 0. The van der Waals surface area contributed by atoms with Crippen LogP contribution in [-0.2, 0) is 20.7 Å². The zero-order valence-electron chi connectivity index (χ0n) is 14.9. The molecule has 6 heteroatoms. The molecule has 0 saturated heterocycles. The monoisotopic (exact) mass is 345 g/mol. The molecular formula is C19H27N3O3. The average molecular weight is 345 g/mol. The molecular weight excluding hydrogens is 318 g/mol. The predicted octanol–water partition coefficient (Wildman–Crippen LogP) is 2.15. The number of ether oxygens (including phenoxy) is 1. The molecule has 136 valence electrons. The predicted molar refractivity (Wildman–Crippen MR) is 98.3 cm³/mol. The Morgan fingerprint density at radius 3 is 2.80 bits per heavy atom. The Hall–Kier alpha value is -2.34. The van der Waals surface area contributed by atoms with Crippen molar-refractivity contribution < 1.29 is 14.3 Å². The number of aromatic nitrogens is 1. The van der Waals surface area contributed by atoms with E-state index in [0.717, 1.165) is 29.3 Å².